The molecule has 0 aliphatic rings. The van der Waals surface area contributed by atoms with Crippen molar-refractivity contribution in [3.05, 3.63) is 46.8 Å². The standard InChI is InChI=1S/C12H13ClFN3O/c1-2-17-12(15-7-16-17)6-11(18)9-4-3-8(13)5-10(9)14/h3-5,7,11,18H,2,6H2,1H3. The molecule has 1 aromatic heterocycles. The lowest BCUT2D eigenvalue weighted by Gasteiger charge is -2.12. The number of hydrogen-bond acceptors (Lipinski definition) is 3. The number of aliphatic hydroxyl groups is 1. The molecule has 96 valence electrons. The molecule has 18 heavy (non-hydrogen) atoms. The molecular weight excluding hydrogens is 257 g/mol. The van der Waals surface area contributed by atoms with Crippen molar-refractivity contribution in [1.82, 2.24) is 14.8 Å². The quantitative estimate of drug-likeness (QED) is 0.927. The van der Waals surface area contributed by atoms with E-state index in [9.17, 15) is 9.50 Å². The summed E-state index contributed by atoms with van der Waals surface area (Å²) in [4.78, 5) is 4.04. The zero-order valence-electron chi connectivity index (χ0n) is 9.85. The predicted octanol–water partition coefficient (Wildman–Crippen LogP) is 2.37. The van der Waals surface area contributed by atoms with Crippen LogP contribution in [0.25, 0.3) is 0 Å². The number of hydrogen-bond donors (Lipinski definition) is 1. The Bertz CT molecular complexity index is 544. The van der Waals surface area contributed by atoms with Gasteiger partial charge in [-0.25, -0.2) is 9.37 Å². The molecule has 0 aliphatic carbocycles. The van der Waals surface area contributed by atoms with Crippen LogP contribution in [-0.4, -0.2) is 19.9 Å². The van der Waals surface area contributed by atoms with E-state index in [0.717, 1.165) is 0 Å². The Hall–Kier alpha value is -1.46. The summed E-state index contributed by atoms with van der Waals surface area (Å²) in [7, 11) is 0. The summed E-state index contributed by atoms with van der Waals surface area (Å²) in [6.07, 6.45) is 0.674. The molecule has 1 N–H and O–H groups in total. The van der Waals surface area contributed by atoms with Gasteiger partial charge in [0.2, 0.25) is 0 Å². The van der Waals surface area contributed by atoms with Crippen molar-refractivity contribution in [1.29, 1.82) is 0 Å². The average Bonchev–Trinajstić information content (AvgIpc) is 2.76. The van der Waals surface area contributed by atoms with E-state index in [1.165, 1.54) is 18.5 Å². The fourth-order valence-corrected chi connectivity index (χ4v) is 1.92. The summed E-state index contributed by atoms with van der Waals surface area (Å²) in [6, 6.07) is 4.22. The highest BCUT2D eigenvalue weighted by Crippen LogP contribution is 2.23. The lowest BCUT2D eigenvalue weighted by Crippen LogP contribution is -2.10. The zero-order valence-corrected chi connectivity index (χ0v) is 10.6. The third-order valence-corrected chi connectivity index (χ3v) is 2.93. The molecule has 1 aromatic carbocycles. The molecule has 2 rings (SSSR count). The fraction of sp³-hybridized carbons (Fsp3) is 0.333. The van der Waals surface area contributed by atoms with Gasteiger partial charge in [0.05, 0.1) is 6.10 Å². The first-order valence-electron chi connectivity index (χ1n) is 5.61. The maximum Gasteiger partial charge on any atom is 0.138 e. The van der Waals surface area contributed by atoms with Gasteiger partial charge in [-0.2, -0.15) is 5.10 Å². The molecule has 0 radical (unpaired) electrons. The summed E-state index contributed by atoms with van der Waals surface area (Å²) in [5.41, 5.74) is 0.213. The summed E-state index contributed by atoms with van der Waals surface area (Å²) < 4.78 is 15.3. The minimum Gasteiger partial charge on any atom is -0.388 e. The van der Waals surface area contributed by atoms with Crippen LogP contribution in [0.4, 0.5) is 4.39 Å². The maximum absolute atomic E-state index is 13.6. The number of nitrogens with zero attached hydrogens (tertiary/aromatic N) is 3. The van der Waals surface area contributed by atoms with E-state index in [2.05, 4.69) is 10.1 Å². The van der Waals surface area contributed by atoms with Crippen LogP contribution in [0.5, 0.6) is 0 Å². The first kappa shape index (κ1) is 13.0. The molecular formula is C12H13ClFN3O. The molecule has 4 nitrogen and oxygen atoms in total. The van der Waals surface area contributed by atoms with Crippen LogP contribution in [0.1, 0.15) is 24.4 Å². The van der Waals surface area contributed by atoms with Gasteiger partial charge in [0.1, 0.15) is 18.0 Å². The van der Waals surface area contributed by atoms with E-state index in [4.69, 9.17) is 11.6 Å². The molecule has 6 heteroatoms. The largest absolute Gasteiger partial charge is 0.388 e. The van der Waals surface area contributed by atoms with Crippen molar-refractivity contribution >= 4 is 11.6 Å². The van der Waals surface area contributed by atoms with Gasteiger partial charge in [-0.05, 0) is 19.1 Å². The number of halogens is 2. The Balaban J connectivity index is 2.19. The number of rotatable bonds is 4. The third kappa shape index (κ3) is 2.68. The van der Waals surface area contributed by atoms with E-state index >= 15 is 0 Å². The SMILES string of the molecule is CCn1ncnc1CC(O)c1ccc(Cl)cc1F. The van der Waals surface area contributed by atoms with Crippen LogP contribution < -0.4 is 0 Å². The Labute approximate surface area is 109 Å². The molecule has 2 aromatic rings. The highest BCUT2D eigenvalue weighted by atomic mass is 35.5. The van der Waals surface area contributed by atoms with Gasteiger partial charge in [0.25, 0.3) is 0 Å². The number of aromatic nitrogens is 3. The minimum atomic E-state index is -0.961. The number of aryl methyl sites for hydroxylation is 1. The Morgan fingerprint density at radius 3 is 2.94 bits per heavy atom. The molecule has 0 spiro atoms. The molecule has 0 saturated carbocycles. The molecule has 1 atom stereocenters. The van der Waals surface area contributed by atoms with E-state index in [1.54, 1.807) is 10.7 Å². The van der Waals surface area contributed by atoms with Crippen LogP contribution in [0.2, 0.25) is 5.02 Å². The van der Waals surface area contributed by atoms with Gasteiger partial charge in [-0.15, -0.1) is 0 Å². The highest BCUT2D eigenvalue weighted by molar-refractivity contribution is 6.30. The van der Waals surface area contributed by atoms with E-state index in [0.29, 0.717) is 17.4 Å². The molecule has 1 heterocycles. The van der Waals surface area contributed by atoms with Crippen LogP contribution in [0.15, 0.2) is 24.5 Å². The third-order valence-electron chi connectivity index (χ3n) is 2.69. The van der Waals surface area contributed by atoms with Crippen LogP contribution in [0.3, 0.4) is 0 Å². The van der Waals surface area contributed by atoms with Crippen molar-refractivity contribution in [2.24, 2.45) is 0 Å². The minimum absolute atomic E-state index is 0.213. The lowest BCUT2D eigenvalue weighted by molar-refractivity contribution is 0.169. The molecule has 0 amide bonds. The Kier molecular flexibility index (Phi) is 3.93. The summed E-state index contributed by atoms with van der Waals surface area (Å²) in [5, 5.41) is 14.3. The maximum atomic E-state index is 13.6. The smallest absolute Gasteiger partial charge is 0.138 e. The molecule has 1 unspecified atom stereocenters. The van der Waals surface area contributed by atoms with Crippen molar-refractivity contribution < 1.29 is 9.50 Å². The molecule has 0 fully saturated rings. The Morgan fingerprint density at radius 1 is 1.50 bits per heavy atom. The molecule has 0 aliphatic heterocycles. The lowest BCUT2D eigenvalue weighted by atomic mass is 10.1. The van der Waals surface area contributed by atoms with Gasteiger partial charge in [0, 0.05) is 23.6 Å². The van der Waals surface area contributed by atoms with E-state index in [-0.39, 0.29) is 12.0 Å². The fourth-order valence-electron chi connectivity index (χ4n) is 1.76. The van der Waals surface area contributed by atoms with Crippen LogP contribution >= 0.6 is 11.6 Å². The normalized spacial score (nSPS) is 12.7. The van der Waals surface area contributed by atoms with Gasteiger partial charge in [0.15, 0.2) is 0 Å². The number of benzene rings is 1. The average molecular weight is 270 g/mol. The first-order chi connectivity index (χ1) is 8.61. The van der Waals surface area contributed by atoms with Crippen LogP contribution in [0, 0.1) is 5.82 Å². The number of aliphatic hydroxyl groups excluding tert-OH is 1. The van der Waals surface area contributed by atoms with Gasteiger partial charge < -0.3 is 5.11 Å². The van der Waals surface area contributed by atoms with E-state index in [1.807, 2.05) is 6.92 Å². The van der Waals surface area contributed by atoms with E-state index < -0.39 is 11.9 Å². The second-order valence-electron chi connectivity index (χ2n) is 3.88. The molecule has 0 saturated heterocycles. The topological polar surface area (TPSA) is 50.9 Å². The van der Waals surface area contributed by atoms with Gasteiger partial charge in [-0.3, -0.25) is 4.68 Å². The summed E-state index contributed by atoms with van der Waals surface area (Å²) >= 11 is 5.66. The summed E-state index contributed by atoms with van der Waals surface area (Å²) in [6.45, 7) is 2.58. The highest BCUT2D eigenvalue weighted by Gasteiger charge is 2.16. The first-order valence-corrected chi connectivity index (χ1v) is 5.99. The Morgan fingerprint density at radius 2 is 2.28 bits per heavy atom. The van der Waals surface area contributed by atoms with Gasteiger partial charge >= 0.3 is 0 Å². The van der Waals surface area contributed by atoms with Crippen molar-refractivity contribution in [2.45, 2.75) is 26.0 Å². The summed E-state index contributed by atoms with van der Waals surface area (Å²) in [5.74, 6) is 0.108. The zero-order chi connectivity index (χ0) is 13.1. The molecule has 0 bridgehead atoms. The van der Waals surface area contributed by atoms with Crippen molar-refractivity contribution in [3.63, 3.8) is 0 Å². The second-order valence-corrected chi connectivity index (χ2v) is 4.31. The second kappa shape index (κ2) is 5.46. The van der Waals surface area contributed by atoms with Gasteiger partial charge in [-0.1, -0.05) is 17.7 Å². The monoisotopic (exact) mass is 269 g/mol. The van der Waals surface area contributed by atoms with Crippen molar-refractivity contribution in [3.8, 4) is 0 Å². The van der Waals surface area contributed by atoms with Crippen molar-refractivity contribution in [2.75, 3.05) is 0 Å². The van der Waals surface area contributed by atoms with Crippen LogP contribution in [-0.2, 0) is 13.0 Å². The predicted molar refractivity (Wildman–Crippen MR) is 65.8 cm³/mol.